The van der Waals surface area contributed by atoms with Crippen molar-refractivity contribution in [2.45, 2.75) is 57.5 Å². The molecule has 120 valence electrons. The number of halogens is 1. The number of carbonyl (C=O) groups excluding carboxylic acids is 1. The average molecular weight is 327 g/mol. The largest absolute Gasteiger partial charge is 0.352 e. The van der Waals surface area contributed by atoms with Gasteiger partial charge in [-0.05, 0) is 38.0 Å². The maximum Gasteiger partial charge on any atom is 0.237 e. The highest BCUT2D eigenvalue weighted by molar-refractivity contribution is 7.90. The quantitative estimate of drug-likeness (QED) is 0.769. The Balaban J connectivity index is 0.00000361. The van der Waals surface area contributed by atoms with E-state index in [1.165, 1.54) is 6.42 Å². The molecule has 1 saturated carbocycles. The van der Waals surface area contributed by atoms with Crippen LogP contribution in [0.25, 0.3) is 0 Å². The van der Waals surface area contributed by atoms with Crippen LogP contribution in [0.1, 0.15) is 45.4 Å². The van der Waals surface area contributed by atoms with Crippen molar-refractivity contribution in [2.24, 2.45) is 11.7 Å². The Morgan fingerprint density at radius 1 is 1.30 bits per heavy atom. The lowest BCUT2D eigenvalue weighted by atomic mass is 9.84. The topological polar surface area (TPSA) is 89.3 Å². The molecule has 1 rings (SSSR count). The molecule has 3 N–H and O–H groups in total. The number of nitrogens with one attached hydrogen (secondary N) is 1. The van der Waals surface area contributed by atoms with Gasteiger partial charge in [-0.25, -0.2) is 8.42 Å². The molecular weight excluding hydrogens is 300 g/mol. The first kappa shape index (κ1) is 19.7. The molecule has 0 aliphatic heterocycles. The summed E-state index contributed by atoms with van der Waals surface area (Å²) in [5.74, 6) is 0.528. The Bertz CT molecular complexity index is 392. The Kier molecular flexibility index (Phi) is 8.70. The zero-order valence-corrected chi connectivity index (χ0v) is 13.9. The fraction of sp³-hybridized carbons (Fsp3) is 0.923. The summed E-state index contributed by atoms with van der Waals surface area (Å²) in [6, 6.07) is -0.516. The smallest absolute Gasteiger partial charge is 0.237 e. The average Bonchev–Trinajstić information content (AvgIpc) is 2.36. The van der Waals surface area contributed by atoms with Crippen LogP contribution in [0.2, 0.25) is 0 Å². The maximum atomic E-state index is 11.8. The van der Waals surface area contributed by atoms with Gasteiger partial charge in [-0.1, -0.05) is 13.3 Å². The summed E-state index contributed by atoms with van der Waals surface area (Å²) in [5, 5.41) is 2.94. The van der Waals surface area contributed by atoms with Crippen LogP contribution >= 0.6 is 12.4 Å². The second-order valence-corrected chi connectivity index (χ2v) is 7.92. The number of hydrogen-bond acceptors (Lipinski definition) is 4. The molecule has 0 aromatic carbocycles. The van der Waals surface area contributed by atoms with Crippen molar-refractivity contribution in [1.29, 1.82) is 0 Å². The summed E-state index contributed by atoms with van der Waals surface area (Å²) in [4.78, 5) is 11.8. The molecule has 1 amide bonds. The van der Waals surface area contributed by atoms with Gasteiger partial charge in [0.1, 0.15) is 9.84 Å². The lowest BCUT2D eigenvalue weighted by Gasteiger charge is -2.29. The molecule has 0 aromatic rings. The molecule has 1 atom stereocenters. The summed E-state index contributed by atoms with van der Waals surface area (Å²) in [7, 11) is -3.06. The predicted molar refractivity (Wildman–Crippen MR) is 83.7 cm³/mol. The molecule has 1 aliphatic rings. The molecule has 1 unspecified atom stereocenters. The number of carbonyl (C=O) groups is 1. The Hall–Kier alpha value is -0.330. The van der Waals surface area contributed by atoms with E-state index in [0.717, 1.165) is 37.9 Å². The fourth-order valence-corrected chi connectivity index (χ4v) is 3.18. The van der Waals surface area contributed by atoms with E-state index in [1.807, 2.05) is 0 Å². The number of sulfone groups is 1. The lowest BCUT2D eigenvalue weighted by molar-refractivity contribution is -0.123. The van der Waals surface area contributed by atoms with Crippen LogP contribution in [-0.4, -0.2) is 38.4 Å². The van der Waals surface area contributed by atoms with Gasteiger partial charge in [0.05, 0.1) is 11.8 Å². The summed E-state index contributed by atoms with van der Waals surface area (Å²) in [6.45, 7) is 2.20. The van der Waals surface area contributed by atoms with Gasteiger partial charge < -0.3 is 11.1 Å². The predicted octanol–water partition coefficient (Wildman–Crippen LogP) is 1.26. The monoisotopic (exact) mass is 326 g/mol. The molecule has 1 fully saturated rings. The van der Waals surface area contributed by atoms with E-state index in [1.54, 1.807) is 0 Å². The van der Waals surface area contributed by atoms with Crippen molar-refractivity contribution in [3.05, 3.63) is 0 Å². The van der Waals surface area contributed by atoms with Gasteiger partial charge in [0.2, 0.25) is 5.91 Å². The van der Waals surface area contributed by atoms with Crippen LogP contribution in [0.4, 0.5) is 0 Å². The molecule has 7 heteroatoms. The number of rotatable bonds is 6. The van der Waals surface area contributed by atoms with E-state index in [4.69, 9.17) is 5.73 Å². The fourth-order valence-electron chi connectivity index (χ4n) is 2.50. The van der Waals surface area contributed by atoms with Crippen LogP contribution < -0.4 is 11.1 Å². The van der Waals surface area contributed by atoms with Crippen molar-refractivity contribution in [1.82, 2.24) is 5.32 Å². The molecule has 1 aliphatic carbocycles. The van der Waals surface area contributed by atoms with E-state index < -0.39 is 15.9 Å². The molecule has 5 nitrogen and oxygen atoms in total. The standard InChI is InChI=1S/C13H26N2O3S.ClH/c1-3-10-4-6-11(7-5-10)15-13(16)12(14)8-9-19(2,17)18;/h10-12H,3-9,14H2,1-2H3,(H,15,16);1H. The molecule has 0 aromatic heterocycles. The van der Waals surface area contributed by atoms with E-state index in [2.05, 4.69) is 12.2 Å². The summed E-state index contributed by atoms with van der Waals surface area (Å²) in [5.41, 5.74) is 5.72. The van der Waals surface area contributed by atoms with E-state index in [-0.39, 0.29) is 36.5 Å². The zero-order valence-electron chi connectivity index (χ0n) is 12.3. The third-order valence-electron chi connectivity index (χ3n) is 3.91. The second-order valence-electron chi connectivity index (χ2n) is 5.66. The van der Waals surface area contributed by atoms with Gasteiger partial charge in [0.25, 0.3) is 0 Å². The first-order chi connectivity index (χ1) is 8.81. The molecule has 0 heterocycles. The minimum atomic E-state index is -3.06. The summed E-state index contributed by atoms with van der Waals surface area (Å²) < 4.78 is 22.1. The highest BCUT2D eigenvalue weighted by Gasteiger charge is 2.23. The van der Waals surface area contributed by atoms with Gasteiger partial charge in [0, 0.05) is 12.3 Å². The zero-order chi connectivity index (χ0) is 14.5. The van der Waals surface area contributed by atoms with E-state index >= 15 is 0 Å². The van der Waals surface area contributed by atoms with Crippen LogP contribution in [0, 0.1) is 5.92 Å². The molecule has 0 radical (unpaired) electrons. The molecular formula is C13H27ClN2O3S. The number of amides is 1. The second kappa shape index (κ2) is 8.85. The van der Waals surface area contributed by atoms with Crippen molar-refractivity contribution >= 4 is 28.2 Å². The van der Waals surface area contributed by atoms with Gasteiger partial charge in [0.15, 0.2) is 0 Å². The molecule has 0 bridgehead atoms. The first-order valence-corrected chi connectivity index (χ1v) is 9.11. The highest BCUT2D eigenvalue weighted by Crippen LogP contribution is 2.26. The van der Waals surface area contributed by atoms with Crippen LogP contribution in [-0.2, 0) is 14.6 Å². The Morgan fingerprint density at radius 3 is 2.30 bits per heavy atom. The third-order valence-corrected chi connectivity index (χ3v) is 4.88. The molecule has 0 saturated heterocycles. The Morgan fingerprint density at radius 2 is 1.85 bits per heavy atom. The minimum Gasteiger partial charge on any atom is -0.352 e. The highest BCUT2D eigenvalue weighted by atomic mass is 35.5. The lowest BCUT2D eigenvalue weighted by Crippen LogP contribution is -2.47. The summed E-state index contributed by atoms with van der Waals surface area (Å²) in [6.07, 6.45) is 6.86. The van der Waals surface area contributed by atoms with E-state index in [0.29, 0.717) is 0 Å². The van der Waals surface area contributed by atoms with Crippen LogP contribution in [0.15, 0.2) is 0 Å². The van der Waals surface area contributed by atoms with E-state index in [9.17, 15) is 13.2 Å². The SMILES string of the molecule is CCC1CCC(NC(=O)C(N)CCS(C)(=O)=O)CC1.Cl. The van der Waals surface area contributed by atoms with Crippen molar-refractivity contribution in [3.63, 3.8) is 0 Å². The van der Waals surface area contributed by atoms with Gasteiger partial charge in [-0.15, -0.1) is 12.4 Å². The van der Waals surface area contributed by atoms with Crippen molar-refractivity contribution in [3.8, 4) is 0 Å². The summed E-state index contributed by atoms with van der Waals surface area (Å²) >= 11 is 0. The van der Waals surface area contributed by atoms with Crippen molar-refractivity contribution in [2.75, 3.05) is 12.0 Å². The van der Waals surface area contributed by atoms with Crippen LogP contribution in [0.5, 0.6) is 0 Å². The van der Waals surface area contributed by atoms with Crippen LogP contribution in [0.3, 0.4) is 0 Å². The third kappa shape index (κ3) is 7.45. The maximum absolute atomic E-state index is 11.8. The van der Waals surface area contributed by atoms with Gasteiger partial charge in [-0.3, -0.25) is 4.79 Å². The van der Waals surface area contributed by atoms with Crippen molar-refractivity contribution < 1.29 is 13.2 Å². The normalized spacial score (nSPS) is 24.6. The minimum absolute atomic E-state index is 0. The molecule has 20 heavy (non-hydrogen) atoms. The first-order valence-electron chi connectivity index (χ1n) is 7.05. The van der Waals surface area contributed by atoms with Gasteiger partial charge >= 0.3 is 0 Å². The number of hydrogen-bond donors (Lipinski definition) is 2. The number of nitrogens with two attached hydrogens (primary N) is 1. The Labute approximate surface area is 128 Å². The van der Waals surface area contributed by atoms with Gasteiger partial charge in [-0.2, -0.15) is 0 Å². The molecule has 0 spiro atoms.